The van der Waals surface area contributed by atoms with Crippen molar-refractivity contribution >= 4 is 23.1 Å². The van der Waals surface area contributed by atoms with E-state index in [1.165, 1.54) is 44.9 Å². The summed E-state index contributed by atoms with van der Waals surface area (Å²) >= 11 is 0. The second-order valence-electron chi connectivity index (χ2n) is 13.8. The van der Waals surface area contributed by atoms with Crippen LogP contribution >= 0.6 is 0 Å². The van der Waals surface area contributed by atoms with E-state index in [-0.39, 0.29) is 42.5 Å². The standard InChI is InChI=1S/C39H52N4O5/c1-2-47-37(44)22-21-32-26-33(23-25-40(32)27-30-14-7-4-3-5-8-15-30)43-36-20-12-11-19-35(36)42(38(43)45)28-34-18-13-24-41(34)39(46)48-29-31-16-9-6-10-17-31/h6,9-12,16-17,19-22,30,32-34H,2-5,7-8,13-15,18,23-29H2,1H3/t32-,33+,34-/m0/s1. The number of nitrogens with zero attached hydrogens (tertiary/aromatic N) is 4. The predicted molar refractivity (Wildman–Crippen MR) is 188 cm³/mol. The quantitative estimate of drug-likeness (QED) is 0.171. The number of hydrogen-bond acceptors (Lipinski definition) is 6. The molecular weight excluding hydrogens is 604 g/mol. The van der Waals surface area contributed by atoms with Crippen LogP contribution in [0.1, 0.15) is 89.2 Å². The van der Waals surface area contributed by atoms with Gasteiger partial charge in [-0.2, -0.15) is 0 Å². The van der Waals surface area contributed by atoms with Gasteiger partial charge in [0.2, 0.25) is 0 Å². The number of carbonyl (C=O) groups excluding carboxylic acids is 2. The highest BCUT2D eigenvalue weighted by molar-refractivity contribution is 5.82. The Morgan fingerprint density at radius 2 is 1.54 bits per heavy atom. The summed E-state index contributed by atoms with van der Waals surface area (Å²) in [5.74, 6) is 0.349. The molecule has 258 valence electrons. The molecule has 3 atom stereocenters. The minimum absolute atomic E-state index is 0.00963. The second-order valence-corrected chi connectivity index (χ2v) is 13.8. The zero-order chi connectivity index (χ0) is 33.3. The Bertz CT molecular complexity index is 1590. The molecule has 48 heavy (non-hydrogen) atoms. The topological polar surface area (TPSA) is 86.0 Å². The average molecular weight is 657 g/mol. The van der Waals surface area contributed by atoms with E-state index in [1.54, 1.807) is 11.0 Å². The van der Waals surface area contributed by atoms with E-state index in [0.717, 1.165) is 55.4 Å². The summed E-state index contributed by atoms with van der Waals surface area (Å²) in [6, 6.07) is 17.7. The Morgan fingerprint density at radius 1 is 0.812 bits per heavy atom. The van der Waals surface area contributed by atoms with Gasteiger partial charge < -0.3 is 14.4 Å². The Morgan fingerprint density at radius 3 is 2.31 bits per heavy atom. The number of piperidine rings is 1. The first-order valence-corrected chi connectivity index (χ1v) is 18.3. The number of ether oxygens (including phenoxy) is 2. The molecule has 6 rings (SSSR count). The number of likely N-dealkylation sites (tertiary alicyclic amines) is 2. The van der Waals surface area contributed by atoms with Gasteiger partial charge in [0.25, 0.3) is 0 Å². The van der Waals surface area contributed by atoms with Crippen molar-refractivity contribution in [1.29, 1.82) is 0 Å². The van der Waals surface area contributed by atoms with Crippen LogP contribution in [0.2, 0.25) is 0 Å². The molecule has 0 bridgehead atoms. The van der Waals surface area contributed by atoms with Crippen LogP contribution in [0, 0.1) is 5.92 Å². The van der Waals surface area contributed by atoms with Crippen LogP contribution in [-0.4, -0.2) is 69.3 Å². The highest BCUT2D eigenvalue weighted by atomic mass is 16.6. The van der Waals surface area contributed by atoms with Crippen LogP contribution in [0.25, 0.3) is 11.0 Å². The largest absolute Gasteiger partial charge is 0.463 e. The maximum atomic E-state index is 14.4. The van der Waals surface area contributed by atoms with E-state index >= 15 is 0 Å². The van der Waals surface area contributed by atoms with Gasteiger partial charge in [-0.15, -0.1) is 0 Å². The molecule has 1 saturated carbocycles. The number of amides is 1. The van der Waals surface area contributed by atoms with Gasteiger partial charge in [0.15, 0.2) is 0 Å². The lowest BCUT2D eigenvalue weighted by Crippen LogP contribution is -2.46. The number of rotatable bonds is 10. The van der Waals surface area contributed by atoms with Crippen LogP contribution in [0.4, 0.5) is 4.79 Å². The first-order valence-electron chi connectivity index (χ1n) is 18.3. The van der Waals surface area contributed by atoms with Gasteiger partial charge in [0, 0.05) is 44.3 Å². The molecule has 1 aromatic heterocycles. The van der Waals surface area contributed by atoms with Gasteiger partial charge in [-0.3, -0.25) is 14.0 Å². The molecule has 2 aromatic carbocycles. The summed E-state index contributed by atoms with van der Waals surface area (Å²) in [5.41, 5.74) is 2.73. The number of fused-ring (bicyclic) bond motifs is 1. The molecule has 0 N–H and O–H groups in total. The summed E-state index contributed by atoms with van der Waals surface area (Å²) < 4.78 is 14.8. The fraction of sp³-hybridized carbons (Fsp3) is 0.564. The van der Waals surface area contributed by atoms with Crippen molar-refractivity contribution in [3.05, 3.63) is 82.8 Å². The third-order valence-corrected chi connectivity index (χ3v) is 10.6. The molecule has 1 amide bonds. The van der Waals surface area contributed by atoms with E-state index < -0.39 is 0 Å². The zero-order valence-corrected chi connectivity index (χ0v) is 28.5. The molecule has 0 radical (unpaired) electrons. The summed E-state index contributed by atoms with van der Waals surface area (Å²) in [6.45, 7) is 5.35. The van der Waals surface area contributed by atoms with Crippen molar-refractivity contribution in [3.8, 4) is 0 Å². The Kier molecular flexibility index (Phi) is 11.7. The Labute approximate surface area is 284 Å². The maximum absolute atomic E-state index is 14.4. The fourth-order valence-electron chi connectivity index (χ4n) is 8.16. The van der Waals surface area contributed by atoms with Crippen LogP contribution in [-0.2, 0) is 27.4 Å². The van der Waals surface area contributed by atoms with Crippen molar-refractivity contribution in [1.82, 2.24) is 18.9 Å². The lowest BCUT2D eigenvalue weighted by Gasteiger charge is -2.40. The van der Waals surface area contributed by atoms with Crippen molar-refractivity contribution in [2.45, 2.75) is 109 Å². The molecule has 2 saturated heterocycles. The number of para-hydroxylation sites is 2. The minimum atomic E-state index is -0.328. The normalized spacial score (nSPS) is 22.9. The molecule has 1 aliphatic carbocycles. The highest BCUT2D eigenvalue weighted by Gasteiger charge is 2.34. The number of benzene rings is 2. The summed E-state index contributed by atoms with van der Waals surface area (Å²) in [4.78, 5) is 44.3. The van der Waals surface area contributed by atoms with Crippen molar-refractivity contribution in [2.24, 2.45) is 5.92 Å². The van der Waals surface area contributed by atoms with Crippen LogP contribution < -0.4 is 5.69 Å². The van der Waals surface area contributed by atoms with Gasteiger partial charge in [-0.1, -0.05) is 80.6 Å². The van der Waals surface area contributed by atoms with E-state index in [2.05, 4.69) is 4.90 Å². The molecule has 2 aliphatic heterocycles. The molecule has 9 nitrogen and oxygen atoms in total. The average Bonchev–Trinajstić information content (AvgIpc) is 3.67. The monoisotopic (exact) mass is 656 g/mol. The van der Waals surface area contributed by atoms with E-state index in [0.29, 0.717) is 25.6 Å². The van der Waals surface area contributed by atoms with Gasteiger partial charge in [-0.25, -0.2) is 14.4 Å². The van der Waals surface area contributed by atoms with E-state index in [9.17, 15) is 14.4 Å². The van der Waals surface area contributed by atoms with Crippen molar-refractivity contribution in [3.63, 3.8) is 0 Å². The third kappa shape index (κ3) is 8.23. The first kappa shape index (κ1) is 34.0. The number of imidazole rings is 1. The molecular formula is C39H52N4O5. The molecule has 3 aromatic rings. The number of hydrogen-bond donors (Lipinski definition) is 0. The molecule has 0 spiro atoms. The first-order chi connectivity index (χ1) is 23.5. The molecule has 9 heteroatoms. The minimum Gasteiger partial charge on any atom is -0.463 e. The Balaban J connectivity index is 1.21. The maximum Gasteiger partial charge on any atom is 0.410 e. The fourth-order valence-corrected chi connectivity index (χ4v) is 8.16. The third-order valence-electron chi connectivity index (χ3n) is 10.6. The summed E-state index contributed by atoms with van der Waals surface area (Å²) in [7, 11) is 0. The zero-order valence-electron chi connectivity index (χ0n) is 28.5. The number of aromatic nitrogens is 2. The number of esters is 1. The second kappa shape index (κ2) is 16.5. The molecule has 0 unspecified atom stereocenters. The Hall–Kier alpha value is -3.85. The lowest BCUT2D eigenvalue weighted by molar-refractivity contribution is -0.137. The van der Waals surface area contributed by atoms with Crippen LogP contribution in [0.15, 0.2) is 71.5 Å². The van der Waals surface area contributed by atoms with Crippen LogP contribution in [0.3, 0.4) is 0 Å². The molecule has 3 heterocycles. The molecule has 3 fully saturated rings. The van der Waals surface area contributed by atoms with Gasteiger partial charge in [-0.05, 0) is 69.1 Å². The van der Waals surface area contributed by atoms with Crippen molar-refractivity contribution < 1.29 is 19.1 Å². The summed E-state index contributed by atoms with van der Waals surface area (Å²) in [5, 5.41) is 0. The van der Waals surface area contributed by atoms with Gasteiger partial charge >= 0.3 is 17.8 Å². The summed E-state index contributed by atoms with van der Waals surface area (Å²) in [6.07, 6.45) is 15.7. The molecule has 3 aliphatic rings. The van der Waals surface area contributed by atoms with E-state index in [4.69, 9.17) is 9.47 Å². The lowest BCUT2D eigenvalue weighted by atomic mass is 9.88. The van der Waals surface area contributed by atoms with Gasteiger partial charge in [0.05, 0.1) is 23.7 Å². The SMILES string of the molecule is CCOC(=O)C=C[C@H]1C[C@H](n2c(=O)n(C[C@@H]3CCCN3C(=O)OCc3ccccc3)c3ccccc32)CCN1CC1CCCCCCC1. The highest BCUT2D eigenvalue weighted by Crippen LogP contribution is 2.33. The number of carbonyl (C=O) groups is 2. The van der Waals surface area contributed by atoms with Gasteiger partial charge in [0.1, 0.15) is 6.61 Å². The van der Waals surface area contributed by atoms with E-state index in [1.807, 2.05) is 76.7 Å². The van der Waals surface area contributed by atoms with Crippen molar-refractivity contribution in [2.75, 3.05) is 26.2 Å². The predicted octanol–water partition coefficient (Wildman–Crippen LogP) is 7.09. The smallest absolute Gasteiger partial charge is 0.410 e. The van der Waals surface area contributed by atoms with Crippen LogP contribution in [0.5, 0.6) is 0 Å².